The zero-order chi connectivity index (χ0) is 20.1. The first-order chi connectivity index (χ1) is 13.6. The number of nitrogens with one attached hydrogen (secondary N) is 1. The number of nitrogens with zero attached hydrogens (tertiary/aromatic N) is 5. The molecule has 0 aliphatic carbocycles. The number of imidazole rings is 1. The van der Waals surface area contributed by atoms with E-state index in [1.807, 2.05) is 24.3 Å². The fraction of sp³-hybridized carbons (Fsp3) is 0.278. The fourth-order valence-electron chi connectivity index (χ4n) is 3.20. The van der Waals surface area contributed by atoms with E-state index < -0.39 is 0 Å². The molecule has 10 heteroatoms. The largest absolute Gasteiger partial charge is 0.483 e. The molecule has 0 bridgehead atoms. The van der Waals surface area contributed by atoms with Gasteiger partial charge in [0.1, 0.15) is 0 Å². The van der Waals surface area contributed by atoms with E-state index in [1.54, 1.807) is 29.3 Å². The molecule has 4 heterocycles. The van der Waals surface area contributed by atoms with Crippen molar-refractivity contribution in [2.24, 2.45) is 7.05 Å². The molecule has 0 spiro atoms. The summed E-state index contributed by atoms with van der Waals surface area (Å²) in [5, 5.41) is 11.1. The van der Waals surface area contributed by atoms with Crippen molar-refractivity contribution in [2.75, 3.05) is 13.7 Å². The van der Waals surface area contributed by atoms with Gasteiger partial charge in [0.2, 0.25) is 5.88 Å². The van der Waals surface area contributed by atoms with Gasteiger partial charge in [-0.3, -0.25) is 14.3 Å². The van der Waals surface area contributed by atoms with Crippen LogP contribution in [0, 0.1) is 0 Å². The molecule has 146 valence electrons. The summed E-state index contributed by atoms with van der Waals surface area (Å²) in [6, 6.07) is 3.36. The molecule has 0 saturated heterocycles. The first-order valence-corrected chi connectivity index (χ1v) is 8.45. The van der Waals surface area contributed by atoms with Crippen molar-refractivity contribution >= 4 is 12.4 Å². The van der Waals surface area contributed by atoms with E-state index in [9.17, 15) is 4.79 Å². The highest BCUT2D eigenvalue weighted by atomic mass is 16.5. The number of aromatic amines is 1. The van der Waals surface area contributed by atoms with Crippen molar-refractivity contribution in [3.63, 3.8) is 0 Å². The van der Waals surface area contributed by atoms with Crippen LogP contribution >= 0.6 is 0 Å². The molecule has 1 unspecified atom stereocenters. The van der Waals surface area contributed by atoms with Crippen molar-refractivity contribution in [2.45, 2.75) is 12.5 Å². The molecule has 3 aromatic rings. The molecule has 4 rings (SSSR count). The fourth-order valence-corrected chi connectivity index (χ4v) is 3.20. The minimum Gasteiger partial charge on any atom is -0.483 e. The van der Waals surface area contributed by atoms with Crippen molar-refractivity contribution in [3.05, 3.63) is 59.6 Å². The van der Waals surface area contributed by atoms with Gasteiger partial charge in [0.15, 0.2) is 0 Å². The number of methoxy groups -OCH3 is 1. The number of aromatic nitrogens is 5. The van der Waals surface area contributed by atoms with Crippen LogP contribution in [0.5, 0.6) is 5.88 Å². The average molecular weight is 384 g/mol. The Hall–Kier alpha value is -3.69. The van der Waals surface area contributed by atoms with Crippen LogP contribution in [0.1, 0.15) is 33.2 Å². The molecule has 0 aromatic carbocycles. The van der Waals surface area contributed by atoms with Gasteiger partial charge < -0.3 is 19.7 Å². The van der Waals surface area contributed by atoms with E-state index in [2.05, 4.69) is 20.1 Å². The Balaban J connectivity index is 0.000000706. The number of carboxylic acid groups (broad SMARTS) is 1. The maximum Gasteiger partial charge on any atom is 0.290 e. The second kappa shape index (κ2) is 8.33. The second-order valence-electron chi connectivity index (χ2n) is 6.14. The Morgan fingerprint density at radius 1 is 1.43 bits per heavy atom. The Kier molecular flexibility index (Phi) is 5.68. The van der Waals surface area contributed by atoms with Crippen LogP contribution < -0.4 is 4.74 Å². The molecule has 2 N–H and O–H groups in total. The smallest absolute Gasteiger partial charge is 0.290 e. The Bertz CT molecular complexity index is 966. The van der Waals surface area contributed by atoms with E-state index in [-0.39, 0.29) is 18.3 Å². The SMILES string of the molecule is COc1cc(C(=O)N2Cc3[nH]cnc3C(c3cnn(C)c3)C2)ccn1.O=CO. The Morgan fingerprint density at radius 3 is 2.89 bits per heavy atom. The zero-order valence-corrected chi connectivity index (χ0v) is 15.4. The van der Waals surface area contributed by atoms with Crippen molar-refractivity contribution in [3.8, 4) is 5.88 Å². The number of aryl methyl sites for hydroxylation is 1. The number of carbonyl (C=O) groups excluding carboxylic acids is 1. The number of amides is 1. The van der Waals surface area contributed by atoms with E-state index in [1.165, 1.54) is 7.11 Å². The summed E-state index contributed by atoms with van der Waals surface area (Å²) in [6.07, 6.45) is 7.05. The van der Waals surface area contributed by atoms with Gasteiger partial charge in [-0.15, -0.1) is 0 Å². The van der Waals surface area contributed by atoms with Gasteiger partial charge >= 0.3 is 0 Å². The van der Waals surface area contributed by atoms with Crippen molar-refractivity contribution < 1.29 is 19.4 Å². The van der Waals surface area contributed by atoms with Gasteiger partial charge in [-0.1, -0.05) is 0 Å². The molecule has 28 heavy (non-hydrogen) atoms. The zero-order valence-electron chi connectivity index (χ0n) is 15.4. The van der Waals surface area contributed by atoms with Crippen LogP contribution in [0.15, 0.2) is 37.1 Å². The van der Waals surface area contributed by atoms with Crippen LogP contribution in [0.2, 0.25) is 0 Å². The highest BCUT2D eigenvalue weighted by molar-refractivity contribution is 5.94. The van der Waals surface area contributed by atoms with Gasteiger partial charge in [-0.05, 0) is 6.07 Å². The number of H-pyrrole nitrogens is 1. The number of hydrogen-bond donors (Lipinski definition) is 2. The molecule has 0 saturated carbocycles. The topological polar surface area (TPSA) is 126 Å². The maximum atomic E-state index is 13.0. The highest BCUT2D eigenvalue weighted by Crippen LogP contribution is 2.32. The van der Waals surface area contributed by atoms with E-state index in [0.717, 1.165) is 17.0 Å². The Labute approximate surface area is 160 Å². The van der Waals surface area contributed by atoms with Crippen molar-refractivity contribution in [1.82, 2.24) is 29.6 Å². The first-order valence-electron chi connectivity index (χ1n) is 8.45. The average Bonchev–Trinajstić information content (AvgIpc) is 3.36. The van der Waals surface area contributed by atoms with Gasteiger partial charge in [-0.2, -0.15) is 5.10 Å². The second-order valence-corrected chi connectivity index (χ2v) is 6.14. The molecule has 0 fully saturated rings. The number of hydrogen-bond acceptors (Lipinski definition) is 6. The van der Waals surface area contributed by atoms with Crippen LogP contribution in [-0.2, 0) is 18.4 Å². The predicted molar refractivity (Wildman–Crippen MR) is 97.9 cm³/mol. The summed E-state index contributed by atoms with van der Waals surface area (Å²) in [5.74, 6) is 0.361. The van der Waals surface area contributed by atoms with Gasteiger partial charge in [0.25, 0.3) is 12.4 Å². The number of rotatable bonds is 3. The summed E-state index contributed by atoms with van der Waals surface area (Å²) in [4.78, 5) is 34.8. The highest BCUT2D eigenvalue weighted by Gasteiger charge is 2.32. The third-order valence-electron chi connectivity index (χ3n) is 4.44. The molecule has 10 nitrogen and oxygen atoms in total. The number of ether oxygens (including phenoxy) is 1. The van der Waals surface area contributed by atoms with Gasteiger partial charge in [0.05, 0.1) is 37.6 Å². The van der Waals surface area contributed by atoms with Crippen LogP contribution in [0.4, 0.5) is 0 Å². The predicted octanol–water partition coefficient (Wildman–Crippen LogP) is 1.04. The summed E-state index contributed by atoms with van der Waals surface area (Å²) < 4.78 is 6.88. The standard InChI is InChI=1S/C17H18N6O2.CH2O2/c1-22-7-12(6-21-22)13-8-23(9-14-16(13)20-10-19-14)17(24)11-3-4-18-15(5-11)25-2;2-1-3/h3-7,10,13H,8-9H2,1-2H3,(H,19,20);1H,(H,2,3). The summed E-state index contributed by atoms with van der Waals surface area (Å²) in [6.45, 7) is 0.794. The molecule has 1 aliphatic rings. The quantitative estimate of drug-likeness (QED) is 0.646. The normalized spacial score (nSPS) is 15.2. The summed E-state index contributed by atoms with van der Waals surface area (Å²) in [5.41, 5.74) is 3.53. The van der Waals surface area contributed by atoms with Crippen LogP contribution in [0.3, 0.4) is 0 Å². The minimum absolute atomic E-state index is 0.00335. The van der Waals surface area contributed by atoms with Crippen molar-refractivity contribution in [1.29, 1.82) is 0 Å². The van der Waals surface area contributed by atoms with Crippen LogP contribution in [-0.4, -0.2) is 60.8 Å². The first kappa shape index (κ1) is 19.1. The third-order valence-corrected chi connectivity index (χ3v) is 4.44. The number of pyridine rings is 1. The molecule has 0 radical (unpaired) electrons. The lowest BCUT2D eigenvalue weighted by Gasteiger charge is -2.31. The molecule has 1 amide bonds. The Morgan fingerprint density at radius 2 is 2.21 bits per heavy atom. The minimum atomic E-state index is -0.250. The number of fused-ring (bicyclic) bond motifs is 1. The van der Waals surface area contributed by atoms with E-state index >= 15 is 0 Å². The maximum absolute atomic E-state index is 13.0. The third kappa shape index (κ3) is 3.85. The molecule has 1 atom stereocenters. The summed E-state index contributed by atoms with van der Waals surface area (Å²) >= 11 is 0. The van der Waals surface area contributed by atoms with E-state index in [0.29, 0.717) is 24.5 Å². The lowest BCUT2D eigenvalue weighted by molar-refractivity contribution is -0.122. The lowest BCUT2D eigenvalue weighted by atomic mass is 9.93. The van der Waals surface area contributed by atoms with Gasteiger partial charge in [0, 0.05) is 49.1 Å². The van der Waals surface area contributed by atoms with E-state index in [4.69, 9.17) is 14.6 Å². The van der Waals surface area contributed by atoms with Gasteiger partial charge in [-0.25, -0.2) is 9.97 Å². The lowest BCUT2D eigenvalue weighted by Crippen LogP contribution is -2.38. The number of carbonyl (C=O) groups is 2. The molecule has 1 aliphatic heterocycles. The molecule has 3 aromatic heterocycles. The molecular weight excluding hydrogens is 364 g/mol. The molecular formula is C18H20N6O4. The van der Waals surface area contributed by atoms with Crippen LogP contribution in [0.25, 0.3) is 0 Å². The summed E-state index contributed by atoms with van der Waals surface area (Å²) in [7, 11) is 3.41. The monoisotopic (exact) mass is 384 g/mol.